The van der Waals surface area contributed by atoms with E-state index >= 15 is 0 Å². The molecule has 0 aromatic rings. The van der Waals surface area contributed by atoms with Crippen molar-refractivity contribution >= 4 is 23.7 Å². The van der Waals surface area contributed by atoms with Crippen molar-refractivity contribution in [1.82, 2.24) is 10.6 Å². The van der Waals surface area contributed by atoms with Gasteiger partial charge in [0.2, 0.25) is 11.8 Å². The SMILES string of the molecule is CCC(NC(=O)CCC(N)C(=O)O)C(=O)NCC(=O)N=O. The van der Waals surface area contributed by atoms with E-state index in [0.717, 1.165) is 0 Å². The van der Waals surface area contributed by atoms with Gasteiger partial charge in [-0.25, -0.2) is 0 Å². The molecule has 0 bridgehead atoms. The second-order valence-corrected chi connectivity index (χ2v) is 4.21. The van der Waals surface area contributed by atoms with Crippen molar-refractivity contribution < 1.29 is 24.3 Å². The van der Waals surface area contributed by atoms with Gasteiger partial charge in [0.1, 0.15) is 18.6 Å². The molecule has 0 heterocycles. The topological polar surface area (TPSA) is 168 Å². The zero-order valence-corrected chi connectivity index (χ0v) is 11.5. The number of aliphatic carboxylic acids is 1. The number of nitroso groups, excluding NO2 is 1. The number of amides is 3. The smallest absolute Gasteiger partial charge is 0.320 e. The molecule has 10 heteroatoms. The predicted octanol–water partition coefficient (Wildman–Crippen LogP) is -1.52. The van der Waals surface area contributed by atoms with Gasteiger partial charge in [-0.05, 0) is 12.8 Å². The van der Waals surface area contributed by atoms with Crippen LogP contribution < -0.4 is 16.4 Å². The van der Waals surface area contributed by atoms with Gasteiger partial charge in [-0.15, -0.1) is 4.91 Å². The summed E-state index contributed by atoms with van der Waals surface area (Å²) in [5.74, 6) is -3.41. The Labute approximate surface area is 120 Å². The quantitative estimate of drug-likeness (QED) is 0.375. The first-order valence-corrected chi connectivity index (χ1v) is 6.23. The van der Waals surface area contributed by atoms with E-state index in [2.05, 4.69) is 15.8 Å². The summed E-state index contributed by atoms with van der Waals surface area (Å²) >= 11 is 0. The fourth-order valence-electron chi connectivity index (χ4n) is 1.35. The summed E-state index contributed by atoms with van der Waals surface area (Å²) in [6, 6.07) is -2.04. The van der Waals surface area contributed by atoms with Gasteiger partial charge in [-0.2, -0.15) is 0 Å². The number of carbonyl (C=O) groups excluding carboxylic acids is 3. The van der Waals surface area contributed by atoms with Crippen LogP contribution in [0.5, 0.6) is 0 Å². The number of carbonyl (C=O) groups is 4. The van der Waals surface area contributed by atoms with Crippen molar-refractivity contribution in [2.24, 2.45) is 10.9 Å². The van der Waals surface area contributed by atoms with E-state index in [1.807, 2.05) is 0 Å². The maximum atomic E-state index is 11.6. The van der Waals surface area contributed by atoms with Gasteiger partial charge >= 0.3 is 11.9 Å². The molecule has 0 aliphatic heterocycles. The summed E-state index contributed by atoms with van der Waals surface area (Å²) in [4.78, 5) is 54.2. The van der Waals surface area contributed by atoms with E-state index in [1.165, 1.54) is 0 Å². The average Bonchev–Trinajstić information content (AvgIpc) is 2.46. The van der Waals surface area contributed by atoms with Gasteiger partial charge in [-0.3, -0.25) is 19.2 Å². The van der Waals surface area contributed by atoms with Gasteiger partial charge in [-0.1, -0.05) is 6.92 Å². The maximum Gasteiger partial charge on any atom is 0.320 e. The standard InChI is InChI=1S/C11H18N4O6/c1-2-7(10(18)13-5-9(17)15-21)14-8(16)4-3-6(12)11(19)20/h6-7H,2-5,12H2,1H3,(H,13,18)(H,14,16)(H,19,20). The second-order valence-electron chi connectivity index (χ2n) is 4.21. The molecule has 0 rings (SSSR count). The number of nitrogens with zero attached hydrogens (tertiary/aromatic N) is 1. The minimum atomic E-state index is -1.22. The third kappa shape index (κ3) is 7.72. The van der Waals surface area contributed by atoms with Crippen LogP contribution in [0.4, 0.5) is 0 Å². The van der Waals surface area contributed by atoms with Crippen LogP contribution >= 0.6 is 0 Å². The lowest BCUT2D eigenvalue weighted by Gasteiger charge is -2.16. The first kappa shape index (κ1) is 18.6. The van der Waals surface area contributed by atoms with E-state index in [9.17, 15) is 24.1 Å². The first-order valence-electron chi connectivity index (χ1n) is 6.23. The highest BCUT2D eigenvalue weighted by Gasteiger charge is 2.20. The normalized spacial score (nSPS) is 12.9. The number of nitrogens with two attached hydrogens (primary N) is 1. The Morgan fingerprint density at radius 3 is 2.38 bits per heavy atom. The van der Waals surface area contributed by atoms with E-state index < -0.39 is 42.3 Å². The summed E-state index contributed by atoms with van der Waals surface area (Å²) in [5.41, 5.74) is 5.25. The zero-order valence-electron chi connectivity index (χ0n) is 11.5. The molecule has 2 atom stereocenters. The van der Waals surface area contributed by atoms with E-state index in [-0.39, 0.29) is 19.3 Å². The lowest BCUT2D eigenvalue weighted by molar-refractivity contribution is -0.138. The summed E-state index contributed by atoms with van der Waals surface area (Å²) in [7, 11) is 0. The Morgan fingerprint density at radius 2 is 1.90 bits per heavy atom. The number of rotatable bonds is 9. The minimum absolute atomic E-state index is 0.0627. The second kappa shape index (κ2) is 9.53. The Kier molecular flexibility index (Phi) is 8.46. The van der Waals surface area contributed by atoms with Crippen LogP contribution in [-0.2, 0) is 19.2 Å². The lowest BCUT2D eigenvalue weighted by Crippen LogP contribution is -2.47. The van der Waals surface area contributed by atoms with Gasteiger partial charge in [0.25, 0.3) is 0 Å². The van der Waals surface area contributed by atoms with Crippen molar-refractivity contribution in [2.75, 3.05) is 6.54 Å². The highest BCUT2D eigenvalue weighted by Crippen LogP contribution is 1.98. The predicted molar refractivity (Wildman–Crippen MR) is 70.9 cm³/mol. The highest BCUT2D eigenvalue weighted by molar-refractivity contribution is 5.90. The highest BCUT2D eigenvalue weighted by atomic mass is 16.4. The van der Waals surface area contributed by atoms with Crippen LogP contribution in [0.25, 0.3) is 0 Å². The van der Waals surface area contributed by atoms with E-state index in [4.69, 9.17) is 10.8 Å². The van der Waals surface area contributed by atoms with Crippen molar-refractivity contribution in [1.29, 1.82) is 0 Å². The number of nitrogens with one attached hydrogen (secondary N) is 2. The van der Waals surface area contributed by atoms with Crippen molar-refractivity contribution in [3.05, 3.63) is 4.91 Å². The van der Waals surface area contributed by atoms with Crippen molar-refractivity contribution in [3.8, 4) is 0 Å². The molecule has 0 aliphatic rings. The van der Waals surface area contributed by atoms with E-state index in [1.54, 1.807) is 6.92 Å². The molecule has 0 aromatic heterocycles. The van der Waals surface area contributed by atoms with Crippen LogP contribution in [0, 0.1) is 4.91 Å². The van der Waals surface area contributed by atoms with Crippen molar-refractivity contribution in [2.45, 2.75) is 38.3 Å². The Bertz CT molecular complexity index is 425. The molecular formula is C11H18N4O6. The van der Waals surface area contributed by atoms with Gasteiger partial charge in [0.05, 0.1) is 0 Å². The molecule has 3 amide bonds. The number of hydrogen-bond acceptors (Lipinski definition) is 6. The minimum Gasteiger partial charge on any atom is -0.480 e. The Morgan fingerprint density at radius 1 is 1.29 bits per heavy atom. The third-order valence-electron chi connectivity index (χ3n) is 2.58. The Balaban J connectivity index is 4.26. The van der Waals surface area contributed by atoms with Crippen LogP contribution in [0.1, 0.15) is 26.2 Å². The summed E-state index contributed by atoms with van der Waals surface area (Å²) < 4.78 is 0. The van der Waals surface area contributed by atoms with E-state index in [0.29, 0.717) is 0 Å². The molecular weight excluding hydrogens is 284 g/mol. The molecule has 0 saturated carbocycles. The summed E-state index contributed by atoms with van der Waals surface area (Å²) in [6.07, 6.45) is 0.0457. The van der Waals surface area contributed by atoms with Gasteiger partial charge in [0.15, 0.2) is 0 Å². The first-order chi connectivity index (χ1) is 9.81. The number of carboxylic acid groups (broad SMARTS) is 1. The molecule has 118 valence electrons. The molecule has 21 heavy (non-hydrogen) atoms. The van der Waals surface area contributed by atoms with Crippen LogP contribution in [0.2, 0.25) is 0 Å². The molecule has 0 spiro atoms. The molecule has 0 aliphatic carbocycles. The van der Waals surface area contributed by atoms with Crippen LogP contribution in [0.3, 0.4) is 0 Å². The zero-order chi connectivity index (χ0) is 16.4. The maximum absolute atomic E-state index is 11.6. The summed E-state index contributed by atoms with van der Waals surface area (Å²) in [6.45, 7) is 1.09. The van der Waals surface area contributed by atoms with Gasteiger partial charge in [0, 0.05) is 11.6 Å². The summed E-state index contributed by atoms with van der Waals surface area (Å²) in [5, 5.41) is 15.2. The molecule has 0 fully saturated rings. The van der Waals surface area contributed by atoms with Crippen molar-refractivity contribution in [3.63, 3.8) is 0 Å². The average molecular weight is 302 g/mol. The number of carboxylic acids is 1. The van der Waals surface area contributed by atoms with Crippen LogP contribution in [-0.4, -0.2) is 47.4 Å². The fourth-order valence-corrected chi connectivity index (χ4v) is 1.35. The molecule has 0 aromatic carbocycles. The third-order valence-corrected chi connectivity index (χ3v) is 2.58. The molecule has 5 N–H and O–H groups in total. The molecule has 0 saturated heterocycles. The monoisotopic (exact) mass is 302 g/mol. The van der Waals surface area contributed by atoms with Gasteiger partial charge < -0.3 is 21.5 Å². The number of hydrogen-bond donors (Lipinski definition) is 4. The lowest BCUT2D eigenvalue weighted by atomic mass is 10.1. The molecule has 10 nitrogen and oxygen atoms in total. The van der Waals surface area contributed by atoms with Crippen LogP contribution in [0.15, 0.2) is 5.18 Å². The molecule has 0 radical (unpaired) electrons. The fraction of sp³-hybridized carbons (Fsp3) is 0.636. The molecule has 2 unspecified atom stereocenters. The largest absolute Gasteiger partial charge is 0.480 e. The Hall–Kier alpha value is -2.36.